The smallest absolute Gasteiger partial charge is 0.101 e. The predicted molar refractivity (Wildman–Crippen MR) is 42.3 cm³/mol. The molecule has 2 N–H and O–H groups in total. The minimum absolute atomic E-state index is 0.331. The molecule has 9 heavy (non-hydrogen) atoms. The standard InChI is InChI=1S/C6H6ClNS/c7-6(8)4-5-2-1-3-9-5/h1-4H,8H2/b6-4+. The van der Waals surface area contributed by atoms with Crippen LogP contribution in [-0.4, -0.2) is 0 Å². The van der Waals surface area contributed by atoms with Crippen molar-refractivity contribution in [3.63, 3.8) is 0 Å². The lowest BCUT2D eigenvalue weighted by molar-refractivity contribution is 1.57. The van der Waals surface area contributed by atoms with E-state index in [9.17, 15) is 0 Å². The van der Waals surface area contributed by atoms with Gasteiger partial charge in [-0.05, 0) is 17.5 Å². The van der Waals surface area contributed by atoms with Crippen molar-refractivity contribution < 1.29 is 0 Å². The van der Waals surface area contributed by atoms with Crippen molar-refractivity contribution in [2.24, 2.45) is 5.73 Å². The molecule has 1 aromatic rings. The molecule has 0 unspecified atom stereocenters. The van der Waals surface area contributed by atoms with Crippen molar-refractivity contribution in [1.82, 2.24) is 0 Å². The Morgan fingerprint density at radius 3 is 3.00 bits per heavy atom. The molecule has 48 valence electrons. The largest absolute Gasteiger partial charge is 0.389 e. The first-order valence-electron chi connectivity index (χ1n) is 2.45. The molecule has 1 aromatic heterocycles. The predicted octanol–water partition coefficient (Wildman–Crippen LogP) is 2.24. The molecule has 3 heteroatoms. The first kappa shape index (κ1) is 6.65. The van der Waals surface area contributed by atoms with E-state index in [-0.39, 0.29) is 0 Å². The van der Waals surface area contributed by atoms with E-state index in [0.29, 0.717) is 5.16 Å². The van der Waals surface area contributed by atoms with Gasteiger partial charge >= 0.3 is 0 Å². The Labute approximate surface area is 62.8 Å². The zero-order valence-electron chi connectivity index (χ0n) is 4.67. The van der Waals surface area contributed by atoms with Crippen molar-refractivity contribution in [2.75, 3.05) is 0 Å². The van der Waals surface area contributed by atoms with Gasteiger partial charge in [-0.25, -0.2) is 0 Å². The summed E-state index contributed by atoms with van der Waals surface area (Å²) in [6.07, 6.45) is 1.73. The minimum atomic E-state index is 0.331. The molecule has 0 saturated carbocycles. The molecular formula is C6H6ClNS. The van der Waals surface area contributed by atoms with Crippen LogP contribution in [0.15, 0.2) is 22.7 Å². The van der Waals surface area contributed by atoms with Crippen LogP contribution in [0.2, 0.25) is 0 Å². The molecular weight excluding hydrogens is 154 g/mol. The Hall–Kier alpha value is -0.470. The average molecular weight is 160 g/mol. The molecule has 0 aliphatic carbocycles. The number of nitrogens with two attached hydrogens (primary N) is 1. The Morgan fingerprint density at radius 1 is 1.78 bits per heavy atom. The van der Waals surface area contributed by atoms with Gasteiger partial charge in [0.2, 0.25) is 0 Å². The molecule has 0 aliphatic heterocycles. The van der Waals surface area contributed by atoms with Gasteiger partial charge in [0.05, 0.1) is 0 Å². The van der Waals surface area contributed by atoms with Crippen LogP contribution in [0.5, 0.6) is 0 Å². The summed E-state index contributed by atoms with van der Waals surface area (Å²) in [6, 6.07) is 3.91. The van der Waals surface area contributed by atoms with Gasteiger partial charge in [-0.15, -0.1) is 11.3 Å². The van der Waals surface area contributed by atoms with Gasteiger partial charge in [0.25, 0.3) is 0 Å². The van der Waals surface area contributed by atoms with E-state index < -0.39 is 0 Å². The average Bonchev–Trinajstić information content (AvgIpc) is 2.15. The van der Waals surface area contributed by atoms with Crippen molar-refractivity contribution in [2.45, 2.75) is 0 Å². The van der Waals surface area contributed by atoms with Gasteiger partial charge < -0.3 is 5.73 Å². The van der Waals surface area contributed by atoms with Crippen molar-refractivity contribution >= 4 is 29.0 Å². The molecule has 0 bridgehead atoms. The maximum absolute atomic E-state index is 5.41. The molecule has 0 spiro atoms. The van der Waals surface area contributed by atoms with Crippen LogP contribution in [0.1, 0.15) is 4.88 Å². The highest BCUT2D eigenvalue weighted by Gasteiger charge is 1.86. The van der Waals surface area contributed by atoms with E-state index in [0.717, 1.165) is 4.88 Å². The number of rotatable bonds is 1. The van der Waals surface area contributed by atoms with E-state index in [4.69, 9.17) is 17.3 Å². The normalized spacial score (nSPS) is 11.9. The second-order valence-electron chi connectivity index (χ2n) is 1.54. The number of thiophene rings is 1. The zero-order valence-corrected chi connectivity index (χ0v) is 6.25. The van der Waals surface area contributed by atoms with Crippen LogP contribution >= 0.6 is 22.9 Å². The lowest BCUT2D eigenvalue weighted by atomic mass is 10.4. The highest BCUT2D eigenvalue weighted by molar-refractivity contribution is 7.10. The maximum atomic E-state index is 5.41. The van der Waals surface area contributed by atoms with Gasteiger partial charge in [-0.1, -0.05) is 17.7 Å². The van der Waals surface area contributed by atoms with Crippen molar-refractivity contribution in [3.05, 3.63) is 27.5 Å². The first-order chi connectivity index (χ1) is 4.29. The fraction of sp³-hybridized carbons (Fsp3) is 0. The molecule has 0 fully saturated rings. The summed E-state index contributed by atoms with van der Waals surface area (Å²) in [5.41, 5.74) is 5.22. The summed E-state index contributed by atoms with van der Waals surface area (Å²) in [6.45, 7) is 0. The maximum Gasteiger partial charge on any atom is 0.101 e. The fourth-order valence-corrected chi connectivity index (χ4v) is 1.36. The van der Waals surface area contributed by atoms with Crippen LogP contribution in [-0.2, 0) is 0 Å². The van der Waals surface area contributed by atoms with Crippen LogP contribution in [0.3, 0.4) is 0 Å². The third kappa shape index (κ3) is 2.08. The van der Waals surface area contributed by atoms with Gasteiger partial charge in [0, 0.05) is 4.88 Å². The third-order valence-corrected chi connectivity index (χ3v) is 1.75. The lowest BCUT2D eigenvalue weighted by Gasteiger charge is -1.82. The fourth-order valence-electron chi connectivity index (χ4n) is 0.509. The lowest BCUT2D eigenvalue weighted by Crippen LogP contribution is -1.84. The second-order valence-corrected chi connectivity index (χ2v) is 2.96. The number of hydrogen-bond acceptors (Lipinski definition) is 2. The highest BCUT2D eigenvalue weighted by Crippen LogP contribution is 2.12. The Bertz CT molecular complexity index is 199. The van der Waals surface area contributed by atoms with Crippen LogP contribution in [0.4, 0.5) is 0 Å². The van der Waals surface area contributed by atoms with Crippen LogP contribution < -0.4 is 5.73 Å². The van der Waals surface area contributed by atoms with E-state index in [1.165, 1.54) is 0 Å². The van der Waals surface area contributed by atoms with E-state index in [1.54, 1.807) is 17.4 Å². The molecule has 1 nitrogen and oxygen atoms in total. The summed E-state index contributed by atoms with van der Waals surface area (Å²) in [5, 5.41) is 2.31. The van der Waals surface area contributed by atoms with E-state index in [2.05, 4.69) is 0 Å². The zero-order chi connectivity index (χ0) is 6.69. The number of hydrogen-bond donors (Lipinski definition) is 1. The Morgan fingerprint density at radius 2 is 2.56 bits per heavy atom. The van der Waals surface area contributed by atoms with Crippen LogP contribution in [0, 0.1) is 0 Å². The molecule has 0 amide bonds. The molecule has 0 aromatic carbocycles. The van der Waals surface area contributed by atoms with Crippen LogP contribution in [0.25, 0.3) is 6.08 Å². The monoisotopic (exact) mass is 159 g/mol. The molecule has 1 heterocycles. The first-order valence-corrected chi connectivity index (χ1v) is 3.71. The Balaban J connectivity index is 2.80. The summed E-state index contributed by atoms with van der Waals surface area (Å²) in [5.74, 6) is 0. The summed E-state index contributed by atoms with van der Waals surface area (Å²) >= 11 is 7.03. The van der Waals surface area contributed by atoms with E-state index in [1.807, 2.05) is 17.5 Å². The summed E-state index contributed by atoms with van der Waals surface area (Å²) in [7, 11) is 0. The van der Waals surface area contributed by atoms with Crippen molar-refractivity contribution in [3.8, 4) is 0 Å². The summed E-state index contributed by atoms with van der Waals surface area (Å²) < 4.78 is 0. The summed E-state index contributed by atoms with van der Waals surface area (Å²) in [4.78, 5) is 1.09. The quantitative estimate of drug-likeness (QED) is 0.625. The SMILES string of the molecule is N/C(Cl)=C/c1cccs1. The highest BCUT2D eigenvalue weighted by atomic mass is 35.5. The van der Waals surface area contributed by atoms with Gasteiger partial charge in [0.1, 0.15) is 5.16 Å². The Kier molecular flexibility index (Phi) is 2.14. The molecule has 1 rings (SSSR count). The molecule has 0 saturated heterocycles. The van der Waals surface area contributed by atoms with Gasteiger partial charge in [0.15, 0.2) is 0 Å². The molecule has 0 atom stereocenters. The van der Waals surface area contributed by atoms with Gasteiger partial charge in [-0.2, -0.15) is 0 Å². The topological polar surface area (TPSA) is 26.0 Å². The minimum Gasteiger partial charge on any atom is -0.389 e. The van der Waals surface area contributed by atoms with Gasteiger partial charge in [-0.3, -0.25) is 0 Å². The number of halogens is 1. The second kappa shape index (κ2) is 2.90. The van der Waals surface area contributed by atoms with Crippen molar-refractivity contribution in [1.29, 1.82) is 0 Å². The van der Waals surface area contributed by atoms with E-state index >= 15 is 0 Å². The molecule has 0 radical (unpaired) electrons. The molecule has 0 aliphatic rings. The third-order valence-electron chi connectivity index (χ3n) is 0.823.